The van der Waals surface area contributed by atoms with Gasteiger partial charge in [-0.15, -0.1) is 21.5 Å². The standard InChI is InChI=1S/C25H23FN4O5S2/c1-33-24(32)21-18(15-6-8-16(26)9-7-15)13-36-23(21)27-20(31)14-37-25-29-28-22(19-5-3-11-35-19)30(25)12-17-4-2-10-34-17/h3,5-9,11,13,17H,2,4,10,12,14H2,1H3,(H,27,31). The van der Waals surface area contributed by atoms with Crippen molar-refractivity contribution in [3.63, 3.8) is 0 Å². The number of aromatic nitrogens is 3. The molecule has 1 saturated heterocycles. The van der Waals surface area contributed by atoms with Crippen LogP contribution in [0.2, 0.25) is 0 Å². The van der Waals surface area contributed by atoms with Crippen LogP contribution in [0.4, 0.5) is 9.39 Å². The van der Waals surface area contributed by atoms with Crippen molar-refractivity contribution in [2.24, 2.45) is 0 Å². The van der Waals surface area contributed by atoms with Gasteiger partial charge in [-0.2, -0.15) is 0 Å². The predicted octanol–water partition coefficient (Wildman–Crippen LogP) is 5.10. The molecule has 12 heteroatoms. The lowest BCUT2D eigenvalue weighted by molar-refractivity contribution is -0.113. The summed E-state index contributed by atoms with van der Waals surface area (Å²) in [6, 6.07) is 9.35. The molecule has 1 unspecified atom stereocenters. The summed E-state index contributed by atoms with van der Waals surface area (Å²) in [7, 11) is 1.27. The number of nitrogens with zero attached hydrogens (tertiary/aromatic N) is 3. The van der Waals surface area contributed by atoms with Crippen LogP contribution in [0.25, 0.3) is 22.7 Å². The van der Waals surface area contributed by atoms with Gasteiger partial charge in [-0.3, -0.25) is 9.36 Å². The van der Waals surface area contributed by atoms with E-state index in [9.17, 15) is 14.0 Å². The summed E-state index contributed by atoms with van der Waals surface area (Å²) in [5.74, 6) is -0.120. The first-order valence-corrected chi connectivity index (χ1v) is 13.4. The largest absolute Gasteiger partial charge is 0.465 e. The van der Waals surface area contributed by atoms with E-state index in [0.717, 1.165) is 19.4 Å². The summed E-state index contributed by atoms with van der Waals surface area (Å²) in [6.07, 6.45) is 3.54. The third-order valence-electron chi connectivity index (χ3n) is 5.79. The highest BCUT2D eigenvalue weighted by Gasteiger charge is 2.25. The SMILES string of the molecule is COC(=O)c1c(-c2ccc(F)cc2)csc1NC(=O)CSc1nnc(-c2ccco2)n1CC1CCCO1. The number of carbonyl (C=O) groups is 2. The Labute approximate surface area is 220 Å². The molecule has 192 valence electrons. The zero-order chi connectivity index (χ0) is 25.8. The van der Waals surface area contributed by atoms with Gasteiger partial charge >= 0.3 is 5.97 Å². The first-order chi connectivity index (χ1) is 18.0. The van der Waals surface area contributed by atoms with Crippen LogP contribution in [0.5, 0.6) is 0 Å². The predicted molar refractivity (Wildman–Crippen MR) is 137 cm³/mol. The Balaban J connectivity index is 1.32. The molecule has 1 fully saturated rings. The molecule has 1 aliphatic rings. The number of rotatable bonds is 9. The molecule has 1 aliphatic heterocycles. The minimum absolute atomic E-state index is 0.0339. The monoisotopic (exact) mass is 542 g/mol. The average Bonchev–Trinajstić information content (AvgIpc) is 3.71. The maximum atomic E-state index is 13.4. The molecule has 4 aromatic rings. The Morgan fingerprint density at radius 1 is 1.27 bits per heavy atom. The second kappa shape index (κ2) is 11.3. The lowest BCUT2D eigenvalue weighted by atomic mass is 10.0. The zero-order valence-electron chi connectivity index (χ0n) is 19.8. The molecule has 3 aromatic heterocycles. The number of halogens is 1. The fraction of sp³-hybridized carbons (Fsp3) is 0.280. The van der Waals surface area contributed by atoms with Crippen molar-refractivity contribution in [3.05, 3.63) is 59.4 Å². The third kappa shape index (κ3) is 5.60. The first kappa shape index (κ1) is 25.2. The van der Waals surface area contributed by atoms with E-state index in [1.807, 2.05) is 4.57 Å². The normalized spacial score (nSPS) is 15.1. The van der Waals surface area contributed by atoms with Crippen molar-refractivity contribution in [1.29, 1.82) is 0 Å². The quantitative estimate of drug-likeness (QED) is 0.230. The van der Waals surface area contributed by atoms with Crippen molar-refractivity contribution in [2.75, 3.05) is 24.8 Å². The van der Waals surface area contributed by atoms with Crippen molar-refractivity contribution < 1.29 is 27.9 Å². The number of anilines is 1. The second-order valence-corrected chi connectivity index (χ2v) is 10.0. The van der Waals surface area contributed by atoms with Crippen LogP contribution in [-0.4, -0.2) is 52.2 Å². The molecule has 5 rings (SSSR count). The third-order valence-corrected chi connectivity index (χ3v) is 7.65. The summed E-state index contributed by atoms with van der Waals surface area (Å²) >= 11 is 2.43. The number of thioether (sulfide) groups is 1. The molecule has 1 aromatic carbocycles. The second-order valence-electron chi connectivity index (χ2n) is 8.22. The number of ether oxygens (including phenoxy) is 2. The number of thiophene rings is 1. The topological polar surface area (TPSA) is 108 Å². The van der Waals surface area contributed by atoms with Crippen molar-refractivity contribution >= 4 is 40.0 Å². The van der Waals surface area contributed by atoms with Crippen LogP contribution in [-0.2, 0) is 20.8 Å². The molecule has 4 heterocycles. The number of nitrogens with one attached hydrogen (secondary N) is 1. The Morgan fingerprint density at radius 2 is 2.11 bits per heavy atom. The number of benzene rings is 1. The van der Waals surface area contributed by atoms with E-state index in [2.05, 4.69) is 15.5 Å². The molecular formula is C25H23FN4O5S2. The van der Waals surface area contributed by atoms with Gasteiger partial charge in [0.1, 0.15) is 16.4 Å². The molecule has 0 aliphatic carbocycles. The van der Waals surface area contributed by atoms with Crippen LogP contribution in [0.15, 0.2) is 57.6 Å². The number of amides is 1. The zero-order valence-corrected chi connectivity index (χ0v) is 21.4. The van der Waals surface area contributed by atoms with E-state index >= 15 is 0 Å². The highest BCUT2D eigenvalue weighted by molar-refractivity contribution is 7.99. The number of carbonyl (C=O) groups excluding carboxylic acids is 2. The summed E-state index contributed by atoms with van der Waals surface area (Å²) < 4.78 is 31.5. The lowest BCUT2D eigenvalue weighted by Gasteiger charge is -2.14. The van der Waals surface area contributed by atoms with E-state index in [4.69, 9.17) is 13.9 Å². The molecule has 0 spiro atoms. The van der Waals surface area contributed by atoms with Crippen molar-refractivity contribution in [1.82, 2.24) is 14.8 Å². The van der Waals surface area contributed by atoms with Crippen LogP contribution < -0.4 is 5.32 Å². The fourth-order valence-electron chi connectivity index (χ4n) is 4.03. The number of furan rings is 1. The molecule has 0 radical (unpaired) electrons. The van der Waals surface area contributed by atoms with E-state index in [-0.39, 0.29) is 29.1 Å². The van der Waals surface area contributed by atoms with Gasteiger partial charge in [0.2, 0.25) is 11.7 Å². The minimum atomic E-state index is -0.595. The molecule has 1 N–H and O–H groups in total. The fourth-order valence-corrected chi connectivity index (χ4v) is 5.75. The highest BCUT2D eigenvalue weighted by atomic mass is 32.2. The molecule has 1 atom stereocenters. The van der Waals surface area contributed by atoms with Crippen LogP contribution >= 0.6 is 23.1 Å². The Kier molecular flexibility index (Phi) is 7.68. The van der Waals surface area contributed by atoms with Crippen molar-refractivity contribution in [2.45, 2.75) is 30.6 Å². The lowest BCUT2D eigenvalue weighted by Crippen LogP contribution is -2.18. The van der Waals surface area contributed by atoms with E-state index < -0.39 is 5.97 Å². The number of hydrogen-bond acceptors (Lipinski definition) is 9. The van der Waals surface area contributed by atoms with Gasteiger partial charge < -0.3 is 19.2 Å². The summed E-state index contributed by atoms with van der Waals surface area (Å²) in [4.78, 5) is 25.5. The summed E-state index contributed by atoms with van der Waals surface area (Å²) in [5.41, 5.74) is 1.42. The van der Waals surface area contributed by atoms with Gasteiger partial charge in [0.15, 0.2) is 10.9 Å². The first-order valence-electron chi connectivity index (χ1n) is 11.5. The van der Waals surface area contributed by atoms with Gasteiger partial charge in [0.05, 0.1) is 31.8 Å². The Hall–Kier alpha value is -3.48. The Morgan fingerprint density at radius 3 is 2.81 bits per heavy atom. The molecule has 0 bridgehead atoms. The molecule has 9 nitrogen and oxygen atoms in total. The van der Waals surface area contributed by atoms with Gasteiger partial charge in [0.25, 0.3) is 0 Å². The molecular weight excluding hydrogens is 519 g/mol. The van der Waals surface area contributed by atoms with Gasteiger partial charge in [-0.25, -0.2) is 9.18 Å². The maximum absolute atomic E-state index is 13.4. The highest BCUT2D eigenvalue weighted by Crippen LogP contribution is 2.36. The number of methoxy groups -OCH3 is 1. The molecule has 37 heavy (non-hydrogen) atoms. The smallest absolute Gasteiger partial charge is 0.341 e. The maximum Gasteiger partial charge on any atom is 0.341 e. The van der Waals surface area contributed by atoms with E-state index in [1.54, 1.807) is 35.9 Å². The van der Waals surface area contributed by atoms with Crippen LogP contribution in [0, 0.1) is 5.82 Å². The number of hydrogen-bond donors (Lipinski definition) is 1. The van der Waals surface area contributed by atoms with Gasteiger partial charge in [-0.1, -0.05) is 23.9 Å². The Bertz CT molecular complexity index is 1380. The summed E-state index contributed by atoms with van der Waals surface area (Å²) in [5, 5.41) is 14.0. The van der Waals surface area contributed by atoms with Crippen LogP contribution in [0.1, 0.15) is 23.2 Å². The van der Waals surface area contributed by atoms with Crippen molar-refractivity contribution in [3.8, 4) is 22.7 Å². The van der Waals surface area contributed by atoms with Crippen LogP contribution in [0.3, 0.4) is 0 Å². The minimum Gasteiger partial charge on any atom is -0.465 e. The number of esters is 1. The van der Waals surface area contributed by atoms with Gasteiger partial charge in [0, 0.05) is 17.6 Å². The summed E-state index contributed by atoms with van der Waals surface area (Å²) in [6.45, 7) is 1.27. The average molecular weight is 543 g/mol. The van der Waals surface area contributed by atoms with E-state index in [1.165, 1.54) is 42.3 Å². The molecule has 1 amide bonds. The van der Waals surface area contributed by atoms with E-state index in [0.29, 0.717) is 39.4 Å². The molecule has 0 saturated carbocycles. The van der Waals surface area contributed by atoms with Gasteiger partial charge in [-0.05, 0) is 42.7 Å².